The Labute approximate surface area is 251 Å². The Balaban J connectivity index is 2.06. The van der Waals surface area contributed by atoms with Gasteiger partial charge in [0.15, 0.2) is 0 Å². The zero-order valence-electron chi connectivity index (χ0n) is 22.5. The van der Waals surface area contributed by atoms with Crippen LogP contribution in [0, 0.1) is 5.92 Å². The number of amides is 2. The lowest BCUT2D eigenvalue weighted by molar-refractivity contribution is -0.140. The van der Waals surface area contributed by atoms with Crippen molar-refractivity contribution in [3.05, 3.63) is 99.0 Å². The molecule has 3 aromatic carbocycles. The van der Waals surface area contributed by atoms with E-state index < -0.39 is 28.5 Å². The molecule has 1 atom stereocenters. The van der Waals surface area contributed by atoms with E-state index in [0.29, 0.717) is 11.6 Å². The van der Waals surface area contributed by atoms with Gasteiger partial charge in [0, 0.05) is 34.6 Å². The first-order chi connectivity index (χ1) is 18.8. The maximum Gasteiger partial charge on any atom is 0.244 e. The third-order valence-electron chi connectivity index (χ3n) is 6.04. The number of hydrogen-bond donors (Lipinski definition) is 1. The number of anilines is 1. The van der Waals surface area contributed by atoms with Crippen molar-refractivity contribution in [1.29, 1.82) is 0 Å². The highest BCUT2D eigenvalue weighted by Gasteiger charge is 2.33. The summed E-state index contributed by atoms with van der Waals surface area (Å²) in [5, 5.41) is 3.91. The van der Waals surface area contributed by atoms with Gasteiger partial charge in [-0.2, -0.15) is 0 Å². The van der Waals surface area contributed by atoms with E-state index in [1.54, 1.807) is 24.3 Å². The van der Waals surface area contributed by atoms with E-state index in [0.717, 1.165) is 21.7 Å². The summed E-state index contributed by atoms with van der Waals surface area (Å²) in [6, 6.07) is 19.6. The van der Waals surface area contributed by atoms with Gasteiger partial charge in [0.25, 0.3) is 0 Å². The van der Waals surface area contributed by atoms with Crippen LogP contribution in [-0.4, -0.2) is 50.5 Å². The lowest BCUT2D eigenvalue weighted by atomic mass is 10.0. The molecule has 0 saturated heterocycles. The fourth-order valence-electron chi connectivity index (χ4n) is 4.06. The monoisotopic (exact) mass is 623 g/mol. The van der Waals surface area contributed by atoms with Crippen LogP contribution in [0.4, 0.5) is 5.69 Å². The average Bonchev–Trinajstić information content (AvgIpc) is 2.88. The Morgan fingerprint density at radius 2 is 1.45 bits per heavy atom. The van der Waals surface area contributed by atoms with Crippen LogP contribution in [0.15, 0.2) is 72.8 Å². The molecular weight excluding hydrogens is 593 g/mol. The van der Waals surface area contributed by atoms with Crippen molar-refractivity contribution >= 4 is 62.3 Å². The third kappa shape index (κ3) is 9.41. The zero-order valence-corrected chi connectivity index (χ0v) is 25.6. The Morgan fingerprint density at radius 3 is 2.00 bits per heavy atom. The molecule has 11 heteroatoms. The summed E-state index contributed by atoms with van der Waals surface area (Å²) in [5.41, 5.74) is 1.72. The summed E-state index contributed by atoms with van der Waals surface area (Å²) in [6.45, 7) is 3.86. The van der Waals surface area contributed by atoms with Crippen LogP contribution in [0.3, 0.4) is 0 Å². The van der Waals surface area contributed by atoms with Crippen LogP contribution in [0.5, 0.6) is 0 Å². The van der Waals surface area contributed by atoms with Gasteiger partial charge < -0.3 is 10.2 Å². The first-order valence-electron chi connectivity index (χ1n) is 12.6. The number of nitrogens with zero attached hydrogens (tertiary/aromatic N) is 2. The van der Waals surface area contributed by atoms with Gasteiger partial charge in [-0.05, 0) is 47.4 Å². The summed E-state index contributed by atoms with van der Waals surface area (Å²) in [5.74, 6) is -0.719. The molecule has 3 rings (SSSR count). The van der Waals surface area contributed by atoms with Crippen LogP contribution >= 0.6 is 34.8 Å². The fourth-order valence-corrected chi connectivity index (χ4v) is 5.53. The first kappa shape index (κ1) is 31.7. The zero-order chi connectivity index (χ0) is 29.4. The second kappa shape index (κ2) is 14.2. The highest BCUT2D eigenvalue weighted by atomic mass is 35.5. The van der Waals surface area contributed by atoms with Crippen LogP contribution in [0.2, 0.25) is 15.1 Å². The maximum atomic E-state index is 14.0. The van der Waals surface area contributed by atoms with E-state index in [4.69, 9.17) is 34.8 Å². The highest BCUT2D eigenvalue weighted by Crippen LogP contribution is 2.27. The van der Waals surface area contributed by atoms with E-state index in [9.17, 15) is 18.0 Å². The summed E-state index contributed by atoms with van der Waals surface area (Å²) in [4.78, 5) is 29.0. The van der Waals surface area contributed by atoms with Crippen molar-refractivity contribution < 1.29 is 18.0 Å². The molecule has 0 heterocycles. The van der Waals surface area contributed by atoms with Gasteiger partial charge in [-0.1, -0.05) is 91.1 Å². The summed E-state index contributed by atoms with van der Waals surface area (Å²) >= 11 is 18.4. The minimum atomic E-state index is -3.93. The van der Waals surface area contributed by atoms with E-state index in [2.05, 4.69) is 5.32 Å². The molecule has 0 aliphatic carbocycles. The van der Waals surface area contributed by atoms with E-state index in [1.165, 1.54) is 23.1 Å². The largest absolute Gasteiger partial charge is 0.354 e. The number of rotatable bonds is 12. The van der Waals surface area contributed by atoms with Crippen LogP contribution in [-0.2, 0) is 32.6 Å². The van der Waals surface area contributed by atoms with Gasteiger partial charge >= 0.3 is 0 Å². The lowest BCUT2D eigenvalue weighted by Gasteiger charge is -2.33. The molecule has 40 heavy (non-hydrogen) atoms. The molecule has 7 nitrogen and oxygen atoms in total. The topological polar surface area (TPSA) is 86.8 Å². The first-order valence-corrected chi connectivity index (χ1v) is 15.6. The van der Waals surface area contributed by atoms with Gasteiger partial charge in [-0.3, -0.25) is 13.9 Å². The van der Waals surface area contributed by atoms with Gasteiger partial charge in [-0.15, -0.1) is 0 Å². The van der Waals surface area contributed by atoms with E-state index in [-0.39, 0.29) is 40.5 Å². The standard InChI is InChI=1S/C29H32Cl3N3O4S/c1-20(2)17-33-29(37)27(13-21-7-5-4-6-8-21)34(18-22-9-11-23(30)12-10-22)28(36)19-35(40(3,38)39)26-15-24(31)14-25(32)16-26/h4-12,14-16,20,27H,13,17-19H2,1-3H3,(H,33,37)/t27-/m1/s1. The minimum absolute atomic E-state index is 0.0521. The smallest absolute Gasteiger partial charge is 0.244 e. The van der Waals surface area contributed by atoms with Gasteiger partial charge in [0.05, 0.1) is 11.9 Å². The molecule has 0 saturated carbocycles. The van der Waals surface area contributed by atoms with Crippen LogP contribution in [0.25, 0.3) is 0 Å². The van der Waals surface area contributed by atoms with Crippen molar-refractivity contribution in [2.45, 2.75) is 32.9 Å². The molecule has 2 amide bonds. The number of halogens is 3. The molecule has 0 spiro atoms. The summed E-state index contributed by atoms with van der Waals surface area (Å²) < 4.78 is 26.6. The molecule has 0 aliphatic rings. The van der Waals surface area contributed by atoms with Crippen LogP contribution < -0.4 is 9.62 Å². The number of nitrogens with one attached hydrogen (secondary N) is 1. The average molecular weight is 625 g/mol. The molecular formula is C29H32Cl3N3O4S. The van der Waals surface area contributed by atoms with Gasteiger partial charge in [0.1, 0.15) is 12.6 Å². The quantitative estimate of drug-likeness (QED) is 0.275. The predicted octanol–water partition coefficient (Wildman–Crippen LogP) is 5.83. The number of carbonyl (C=O) groups excluding carboxylic acids is 2. The van der Waals surface area contributed by atoms with Gasteiger partial charge in [0.2, 0.25) is 21.8 Å². The molecule has 214 valence electrons. The van der Waals surface area contributed by atoms with E-state index in [1.807, 2.05) is 44.2 Å². The van der Waals surface area contributed by atoms with Crippen LogP contribution in [0.1, 0.15) is 25.0 Å². The van der Waals surface area contributed by atoms with Crippen molar-refractivity contribution in [1.82, 2.24) is 10.2 Å². The fraction of sp³-hybridized carbons (Fsp3) is 0.310. The second-order valence-electron chi connectivity index (χ2n) is 9.89. The van der Waals surface area contributed by atoms with Crippen molar-refractivity contribution in [2.75, 3.05) is 23.7 Å². The Kier molecular flexibility index (Phi) is 11.3. The number of sulfonamides is 1. The molecule has 0 bridgehead atoms. The Bertz CT molecular complexity index is 1400. The second-order valence-corrected chi connectivity index (χ2v) is 13.1. The van der Waals surface area contributed by atoms with E-state index >= 15 is 0 Å². The molecule has 3 aromatic rings. The van der Waals surface area contributed by atoms with Crippen molar-refractivity contribution in [3.63, 3.8) is 0 Å². The molecule has 0 fully saturated rings. The number of benzene rings is 3. The SMILES string of the molecule is CC(C)CNC(=O)[C@@H](Cc1ccccc1)N(Cc1ccc(Cl)cc1)C(=O)CN(c1cc(Cl)cc(Cl)c1)S(C)(=O)=O. The molecule has 0 aliphatic heterocycles. The predicted molar refractivity (Wildman–Crippen MR) is 162 cm³/mol. The van der Waals surface area contributed by atoms with Crippen molar-refractivity contribution in [3.8, 4) is 0 Å². The molecule has 1 N–H and O–H groups in total. The van der Waals surface area contributed by atoms with Gasteiger partial charge in [-0.25, -0.2) is 8.42 Å². The number of hydrogen-bond acceptors (Lipinski definition) is 4. The third-order valence-corrected chi connectivity index (χ3v) is 7.87. The molecule has 0 aromatic heterocycles. The minimum Gasteiger partial charge on any atom is -0.354 e. The normalized spacial score (nSPS) is 12.2. The lowest BCUT2D eigenvalue weighted by Crippen LogP contribution is -2.53. The Hall–Kier alpha value is -2.78. The maximum absolute atomic E-state index is 14.0. The molecule has 0 unspecified atom stereocenters. The summed E-state index contributed by atoms with van der Waals surface area (Å²) in [6.07, 6.45) is 1.22. The summed E-state index contributed by atoms with van der Waals surface area (Å²) in [7, 11) is -3.93. The number of carbonyl (C=O) groups is 2. The Morgan fingerprint density at radius 1 is 0.850 bits per heavy atom. The molecule has 0 radical (unpaired) electrons. The van der Waals surface area contributed by atoms with Crippen molar-refractivity contribution in [2.24, 2.45) is 5.92 Å². The highest BCUT2D eigenvalue weighted by molar-refractivity contribution is 7.92.